The SMILES string of the molecule is COC(=O)[C@@H]1CCC(C#N)N1. The molecule has 11 heavy (non-hydrogen) atoms. The number of carbonyl (C=O) groups is 1. The summed E-state index contributed by atoms with van der Waals surface area (Å²) in [5, 5.41) is 11.3. The Bertz CT molecular complexity index is 197. The van der Waals surface area contributed by atoms with Gasteiger partial charge in [-0.2, -0.15) is 5.26 Å². The number of nitrogens with zero attached hydrogens (tertiary/aromatic N) is 1. The van der Waals surface area contributed by atoms with E-state index in [4.69, 9.17) is 5.26 Å². The molecule has 0 radical (unpaired) electrons. The van der Waals surface area contributed by atoms with E-state index in [9.17, 15) is 4.79 Å². The molecule has 2 atom stereocenters. The van der Waals surface area contributed by atoms with E-state index < -0.39 is 0 Å². The van der Waals surface area contributed by atoms with Crippen molar-refractivity contribution in [3.8, 4) is 6.07 Å². The van der Waals surface area contributed by atoms with Crippen molar-refractivity contribution >= 4 is 5.97 Å². The third-order valence-corrected chi connectivity index (χ3v) is 1.79. The van der Waals surface area contributed by atoms with Crippen LogP contribution in [0.3, 0.4) is 0 Å². The Morgan fingerprint density at radius 1 is 1.73 bits per heavy atom. The number of ether oxygens (including phenoxy) is 1. The number of hydrogen-bond acceptors (Lipinski definition) is 4. The molecule has 0 aromatic rings. The van der Waals surface area contributed by atoms with Crippen LogP contribution in [0.15, 0.2) is 0 Å². The van der Waals surface area contributed by atoms with Crippen LogP contribution in [-0.4, -0.2) is 25.2 Å². The number of methoxy groups -OCH3 is 1. The molecule has 0 aromatic carbocycles. The van der Waals surface area contributed by atoms with Crippen molar-refractivity contribution in [3.63, 3.8) is 0 Å². The fourth-order valence-electron chi connectivity index (χ4n) is 1.17. The zero-order chi connectivity index (χ0) is 8.27. The van der Waals surface area contributed by atoms with Gasteiger partial charge in [0.05, 0.1) is 19.2 Å². The van der Waals surface area contributed by atoms with E-state index in [0.717, 1.165) is 6.42 Å². The predicted octanol–water partition coefficient (Wildman–Crippen LogP) is -0.196. The van der Waals surface area contributed by atoms with Crippen LogP contribution in [0.2, 0.25) is 0 Å². The summed E-state index contributed by atoms with van der Waals surface area (Å²) < 4.78 is 4.52. The molecule has 4 heteroatoms. The van der Waals surface area contributed by atoms with Gasteiger partial charge in [-0.05, 0) is 12.8 Å². The minimum absolute atomic E-state index is 0.181. The lowest BCUT2D eigenvalue weighted by Crippen LogP contribution is -2.35. The van der Waals surface area contributed by atoms with E-state index in [2.05, 4.69) is 16.1 Å². The Labute approximate surface area is 65.1 Å². The third-order valence-electron chi connectivity index (χ3n) is 1.79. The number of nitriles is 1. The zero-order valence-corrected chi connectivity index (χ0v) is 6.33. The molecular weight excluding hydrogens is 144 g/mol. The minimum atomic E-state index is -0.275. The van der Waals surface area contributed by atoms with Gasteiger partial charge in [0, 0.05) is 0 Å². The quantitative estimate of drug-likeness (QED) is 0.531. The van der Waals surface area contributed by atoms with Crippen LogP contribution in [0.5, 0.6) is 0 Å². The van der Waals surface area contributed by atoms with Gasteiger partial charge < -0.3 is 4.74 Å². The van der Waals surface area contributed by atoms with Gasteiger partial charge in [0.15, 0.2) is 0 Å². The van der Waals surface area contributed by atoms with Gasteiger partial charge >= 0.3 is 5.97 Å². The lowest BCUT2D eigenvalue weighted by atomic mass is 10.2. The van der Waals surface area contributed by atoms with Crippen LogP contribution in [0.4, 0.5) is 0 Å². The molecule has 60 valence electrons. The van der Waals surface area contributed by atoms with E-state index in [1.807, 2.05) is 0 Å². The number of carbonyl (C=O) groups excluding carboxylic acids is 1. The first kappa shape index (κ1) is 8.02. The van der Waals surface area contributed by atoms with E-state index in [1.54, 1.807) is 0 Å². The normalized spacial score (nSPS) is 29.5. The Morgan fingerprint density at radius 2 is 2.45 bits per heavy atom. The molecule has 1 aliphatic heterocycles. The lowest BCUT2D eigenvalue weighted by Gasteiger charge is -2.06. The van der Waals surface area contributed by atoms with Crippen LogP contribution < -0.4 is 5.32 Å². The first-order chi connectivity index (χ1) is 5.27. The van der Waals surface area contributed by atoms with Gasteiger partial charge in [0.1, 0.15) is 6.04 Å². The zero-order valence-electron chi connectivity index (χ0n) is 6.33. The summed E-state index contributed by atoms with van der Waals surface area (Å²) in [6, 6.07) is 1.60. The number of rotatable bonds is 1. The van der Waals surface area contributed by atoms with E-state index >= 15 is 0 Å². The second-order valence-electron chi connectivity index (χ2n) is 2.50. The molecule has 1 unspecified atom stereocenters. The molecule has 1 saturated heterocycles. The molecule has 4 nitrogen and oxygen atoms in total. The molecule has 1 fully saturated rings. The summed E-state index contributed by atoms with van der Waals surface area (Å²) in [6.45, 7) is 0. The molecule has 0 spiro atoms. The fourth-order valence-corrected chi connectivity index (χ4v) is 1.17. The topological polar surface area (TPSA) is 62.1 Å². The molecule has 0 aliphatic carbocycles. The maximum Gasteiger partial charge on any atom is 0.322 e. The van der Waals surface area contributed by atoms with Crippen LogP contribution in [0.25, 0.3) is 0 Å². The second kappa shape index (κ2) is 3.35. The summed E-state index contributed by atoms with van der Waals surface area (Å²) in [4.78, 5) is 10.9. The molecule has 1 rings (SSSR count). The van der Waals surface area contributed by atoms with Gasteiger partial charge in [-0.25, -0.2) is 0 Å². The monoisotopic (exact) mass is 154 g/mol. The van der Waals surface area contributed by atoms with Crippen LogP contribution in [0.1, 0.15) is 12.8 Å². The van der Waals surface area contributed by atoms with Gasteiger partial charge in [0.2, 0.25) is 0 Å². The van der Waals surface area contributed by atoms with E-state index in [0.29, 0.717) is 6.42 Å². The van der Waals surface area contributed by atoms with Gasteiger partial charge in [-0.15, -0.1) is 0 Å². The molecule has 1 N–H and O–H groups in total. The fraction of sp³-hybridized carbons (Fsp3) is 0.714. The summed E-state index contributed by atoms with van der Waals surface area (Å²) in [5.74, 6) is -0.275. The first-order valence-corrected chi connectivity index (χ1v) is 3.51. The van der Waals surface area contributed by atoms with Crippen molar-refractivity contribution in [2.75, 3.05) is 7.11 Å². The van der Waals surface area contributed by atoms with E-state index in [-0.39, 0.29) is 18.1 Å². The lowest BCUT2D eigenvalue weighted by molar-refractivity contribution is -0.142. The standard InChI is InChI=1S/C7H10N2O2/c1-11-7(10)6-3-2-5(4-8)9-6/h5-6,9H,2-3H2,1H3/t5?,6-/m0/s1. The smallest absolute Gasteiger partial charge is 0.322 e. The highest BCUT2D eigenvalue weighted by Gasteiger charge is 2.29. The molecule has 1 heterocycles. The van der Waals surface area contributed by atoms with Crippen molar-refractivity contribution in [2.24, 2.45) is 0 Å². The molecular formula is C7H10N2O2. The predicted molar refractivity (Wildman–Crippen MR) is 37.6 cm³/mol. The van der Waals surface area contributed by atoms with Crippen molar-refractivity contribution in [1.82, 2.24) is 5.32 Å². The van der Waals surface area contributed by atoms with Crippen LogP contribution >= 0.6 is 0 Å². The summed E-state index contributed by atoms with van der Waals surface area (Å²) in [5.41, 5.74) is 0. The average molecular weight is 154 g/mol. The van der Waals surface area contributed by atoms with Gasteiger partial charge in [0.25, 0.3) is 0 Å². The highest BCUT2D eigenvalue weighted by molar-refractivity contribution is 5.76. The highest BCUT2D eigenvalue weighted by Crippen LogP contribution is 2.12. The molecule has 1 aliphatic rings. The van der Waals surface area contributed by atoms with Crippen molar-refractivity contribution in [3.05, 3.63) is 0 Å². The van der Waals surface area contributed by atoms with Crippen molar-refractivity contribution in [1.29, 1.82) is 5.26 Å². The first-order valence-electron chi connectivity index (χ1n) is 3.51. The molecule has 0 aromatic heterocycles. The van der Waals surface area contributed by atoms with Crippen LogP contribution in [-0.2, 0) is 9.53 Å². The van der Waals surface area contributed by atoms with Gasteiger partial charge in [-0.1, -0.05) is 0 Å². The Balaban J connectivity index is 2.43. The van der Waals surface area contributed by atoms with E-state index in [1.165, 1.54) is 7.11 Å². The highest BCUT2D eigenvalue weighted by atomic mass is 16.5. The third kappa shape index (κ3) is 1.69. The largest absolute Gasteiger partial charge is 0.468 e. The average Bonchev–Trinajstić information content (AvgIpc) is 2.50. The molecule has 0 amide bonds. The maximum absolute atomic E-state index is 10.9. The van der Waals surface area contributed by atoms with Crippen LogP contribution in [0, 0.1) is 11.3 Å². The Hall–Kier alpha value is -1.08. The molecule has 0 saturated carbocycles. The summed E-state index contributed by atoms with van der Waals surface area (Å²) in [6.07, 6.45) is 1.43. The Kier molecular flexibility index (Phi) is 2.44. The number of hydrogen-bond donors (Lipinski definition) is 1. The minimum Gasteiger partial charge on any atom is -0.468 e. The maximum atomic E-state index is 10.9. The number of esters is 1. The summed E-state index contributed by atoms with van der Waals surface area (Å²) in [7, 11) is 1.35. The second-order valence-corrected chi connectivity index (χ2v) is 2.50. The summed E-state index contributed by atoms with van der Waals surface area (Å²) >= 11 is 0. The van der Waals surface area contributed by atoms with Gasteiger partial charge in [-0.3, -0.25) is 10.1 Å². The Morgan fingerprint density at radius 3 is 2.91 bits per heavy atom. The number of nitrogens with one attached hydrogen (secondary N) is 1. The van der Waals surface area contributed by atoms with Crippen molar-refractivity contribution in [2.45, 2.75) is 24.9 Å². The molecule has 0 bridgehead atoms. The van der Waals surface area contributed by atoms with Crippen molar-refractivity contribution < 1.29 is 9.53 Å².